The van der Waals surface area contributed by atoms with E-state index in [2.05, 4.69) is 10.6 Å². The third-order valence-corrected chi connectivity index (χ3v) is 4.07. The fraction of sp³-hybridized carbons (Fsp3) is 0.500. The number of carbonyl (C=O) groups is 2. The Morgan fingerprint density at radius 3 is 2.48 bits per heavy atom. The average molecular weight is 376 g/mol. The van der Waals surface area contributed by atoms with Crippen molar-refractivity contribution in [2.45, 2.75) is 46.6 Å². The van der Waals surface area contributed by atoms with Gasteiger partial charge in [-0.05, 0) is 44.4 Å². The first kappa shape index (κ1) is 20.6. The lowest BCUT2D eigenvalue weighted by Gasteiger charge is -2.29. The van der Waals surface area contributed by atoms with Gasteiger partial charge in [-0.1, -0.05) is 19.9 Å². The van der Waals surface area contributed by atoms with E-state index in [0.717, 1.165) is 12.0 Å². The zero-order chi connectivity index (χ0) is 19.8. The van der Waals surface area contributed by atoms with E-state index in [1.54, 1.807) is 19.1 Å². The first-order chi connectivity index (χ1) is 13.0. The minimum absolute atomic E-state index is 0.258. The second kappa shape index (κ2) is 9.85. The Labute approximate surface area is 160 Å². The summed E-state index contributed by atoms with van der Waals surface area (Å²) in [6.07, 6.45) is 1.39. The number of hydrogen-bond acceptors (Lipinski definition) is 5. The molecular weight excluding hydrogens is 348 g/mol. The fourth-order valence-electron chi connectivity index (χ4n) is 2.90. The molecule has 1 aliphatic heterocycles. The molecule has 1 heterocycles. The second-order valence-corrected chi connectivity index (χ2v) is 5.99. The minimum Gasteiger partial charge on any atom is -0.490 e. The van der Waals surface area contributed by atoms with Gasteiger partial charge in [0.1, 0.15) is 0 Å². The molecule has 0 aromatic heterocycles. The number of allylic oxidation sites excluding steroid dienone is 1. The van der Waals surface area contributed by atoms with Crippen LogP contribution in [0.3, 0.4) is 0 Å². The van der Waals surface area contributed by atoms with Crippen molar-refractivity contribution in [1.29, 1.82) is 0 Å². The van der Waals surface area contributed by atoms with E-state index in [0.29, 0.717) is 42.4 Å². The van der Waals surface area contributed by atoms with Gasteiger partial charge in [-0.2, -0.15) is 0 Å². The first-order valence-electron chi connectivity index (χ1n) is 9.42. The molecule has 1 aromatic rings. The molecule has 0 fully saturated rings. The molecule has 0 bridgehead atoms. The normalized spacial score (nSPS) is 16.4. The molecule has 0 radical (unpaired) electrons. The Hall–Kier alpha value is -2.70. The number of hydrogen-bond donors (Lipinski definition) is 2. The highest BCUT2D eigenvalue weighted by atomic mass is 16.5. The summed E-state index contributed by atoms with van der Waals surface area (Å²) in [5.41, 5.74) is 1.70. The van der Waals surface area contributed by atoms with Crippen LogP contribution in [0.5, 0.6) is 11.5 Å². The standard InChI is InChI=1S/C20H28N2O5/c1-5-11-27-15-10-9-13(12-16(15)25-7-3)18-17(19(23)26-8-4)14(6-2)21-20(24)22-18/h9-10,12,18H,5-8,11H2,1-4H3,(H2,21,22,24). The predicted octanol–water partition coefficient (Wildman–Crippen LogP) is 3.46. The van der Waals surface area contributed by atoms with Crippen molar-refractivity contribution in [3.63, 3.8) is 0 Å². The van der Waals surface area contributed by atoms with Crippen LogP contribution in [0.1, 0.15) is 52.1 Å². The van der Waals surface area contributed by atoms with E-state index in [4.69, 9.17) is 14.2 Å². The zero-order valence-corrected chi connectivity index (χ0v) is 16.4. The quantitative estimate of drug-likeness (QED) is 0.645. The highest BCUT2D eigenvalue weighted by Gasteiger charge is 2.33. The van der Waals surface area contributed by atoms with Crippen molar-refractivity contribution in [1.82, 2.24) is 10.6 Å². The van der Waals surface area contributed by atoms with E-state index < -0.39 is 12.0 Å². The molecule has 0 saturated heterocycles. The number of amides is 2. The van der Waals surface area contributed by atoms with E-state index in [1.807, 2.05) is 26.8 Å². The maximum Gasteiger partial charge on any atom is 0.338 e. The molecule has 2 N–H and O–H groups in total. The van der Waals surface area contributed by atoms with E-state index >= 15 is 0 Å². The second-order valence-electron chi connectivity index (χ2n) is 5.99. The maximum absolute atomic E-state index is 12.5. The van der Waals surface area contributed by atoms with Gasteiger partial charge in [0.05, 0.1) is 31.4 Å². The molecule has 148 valence electrons. The molecule has 1 atom stereocenters. The summed E-state index contributed by atoms with van der Waals surface area (Å²) >= 11 is 0. The monoisotopic (exact) mass is 376 g/mol. The summed E-state index contributed by atoms with van der Waals surface area (Å²) < 4.78 is 16.6. The van der Waals surface area contributed by atoms with E-state index in [1.165, 1.54) is 0 Å². The van der Waals surface area contributed by atoms with Gasteiger partial charge >= 0.3 is 12.0 Å². The summed E-state index contributed by atoms with van der Waals surface area (Å²) in [6, 6.07) is 4.47. The van der Waals surface area contributed by atoms with Crippen LogP contribution in [0.2, 0.25) is 0 Å². The SMILES string of the molecule is CCCOc1ccc(C2NC(=O)NC(CC)=C2C(=O)OCC)cc1OCC. The number of benzene rings is 1. The van der Waals surface area contributed by atoms with Gasteiger partial charge < -0.3 is 24.8 Å². The maximum atomic E-state index is 12.5. The molecule has 0 aliphatic carbocycles. The molecular formula is C20H28N2O5. The molecule has 7 nitrogen and oxygen atoms in total. The van der Waals surface area contributed by atoms with Gasteiger partial charge in [-0.15, -0.1) is 0 Å². The van der Waals surface area contributed by atoms with Crippen LogP contribution in [0.4, 0.5) is 4.79 Å². The molecule has 2 amide bonds. The van der Waals surface area contributed by atoms with Gasteiger partial charge in [-0.25, -0.2) is 9.59 Å². The fourth-order valence-corrected chi connectivity index (χ4v) is 2.90. The summed E-state index contributed by atoms with van der Waals surface area (Å²) in [4.78, 5) is 24.6. The van der Waals surface area contributed by atoms with Crippen molar-refractivity contribution in [3.8, 4) is 11.5 Å². The number of urea groups is 1. The Bertz CT molecular complexity index is 714. The van der Waals surface area contributed by atoms with Crippen LogP contribution in [0, 0.1) is 0 Å². The summed E-state index contributed by atoms with van der Waals surface area (Å²) in [6.45, 7) is 8.87. The third kappa shape index (κ3) is 4.93. The Morgan fingerprint density at radius 2 is 1.85 bits per heavy atom. The largest absolute Gasteiger partial charge is 0.490 e. The number of esters is 1. The Balaban J connectivity index is 2.47. The molecule has 27 heavy (non-hydrogen) atoms. The van der Waals surface area contributed by atoms with Gasteiger partial charge in [0, 0.05) is 5.70 Å². The highest BCUT2D eigenvalue weighted by molar-refractivity contribution is 5.95. The van der Waals surface area contributed by atoms with Gasteiger partial charge in [0.2, 0.25) is 0 Å². The van der Waals surface area contributed by atoms with E-state index in [-0.39, 0.29) is 12.6 Å². The lowest BCUT2D eigenvalue weighted by Crippen LogP contribution is -2.45. The number of carbonyl (C=O) groups excluding carboxylic acids is 2. The topological polar surface area (TPSA) is 85.9 Å². The van der Waals surface area contributed by atoms with Crippen molar-refractivity contribution >= 4 is 12.0 Å². The van der Waals surface area contributed by atoms with Gasteiger partial charge in [-0.3, -0.25) is 0 Å². The zero-order valence-electron chi connectivity index (χ0n) is 16.4. The van der Waals surface area contributed by atoms with Crippen LogP contribution in [0.15, 0.2) is 29.5 Å². The summed E-state index contributed by atoms with van der Waals surface area (Å²) in [5, 5.41) is 5.52. The molecule has 2 rings (SSSR count). The number of ether oxygens (including phenoxy) is 3. The van der Waals surface area contributed by atoms with Crippen LogP contribution in [0.25, 0.3) is 0 Å². The van der Waals surface area contributed by atoms with Crippen LogP contribution in [-0.4, -0.2) is 31.8 Å². The first-order valence-corrected chi connectivity index (χ1v) is 9.42. The van der Waals surface area contributed by atoms with Crippen LogP contribution in [-0.2, 0) is 9.53 Å². The van der Waals surface area contributed by atoms with Crippen molar-refractivity contribution in [2.24, 2.45) is 0 Å². The number of nitrogens with one attached hydrogen (secondary N) is 2. The smallest absolute Gasteiger partial charge is 0.338 e. The van der Waals surface area contributed by atoms with Crippen LogP contribution >= 0.6 is 0 Å². The molecule has 1 aliphatic rings. The summed E-state index contributed by atoms with van der Waals surface area (Å²) in [7, 11) is 0. The van der Waals surface area contributed by atoms with Crippen molar-refractivity contribution in [2.75, 3.05) is 19.8 Å². The predicted molar refractivity (Wildman–Crippen MR) is 102 cm³/mol. The molecule has 1 unspecified atom stereocenters. The van der Waals surface area contributed by atoms with Gasteiger partial charge in [0.25, 0.3) is 0 Å². The summed E-state index contributed by atoms with van der Waals surface area (Å²) in [5.74, 6) is 0.772. The third-order valence-electron chi connectivity index (χ3n) is 4.07. The Kier molecular flexibility index (Phi) is 7.52. The van der Waals surface area contributed by atoms with E-state index in [9.17, 15) is 9.59 Å². The van der Waals surface area contributed by atoms with Crippen molar-refractivity contribution in [3.05, 3.63) is 35.0 Å². The lowest BCUT2D eigenvalue weighted by atomic mass is 9.94. The van der Waals surface area contributed by atoms with Crippen molar-refractivity contribution < 1.29 is 23.8 Å². The molecule has 0 spiro atoms. The molecule has 1 aromatic carbocycles. The molecule has 0 saturated carbocycles. The van der Waals surface area contributed by atoms with Crippen LogP contribution < -0.4 is 20.1 Å². The minimum atomic E-state index is -0.618. The number of rotatable bonds is 9. The molecule has 7 heteroatoms. The Morgan fingerprint density at radius 1 is 1.07 bits per heavy atom. The van der Waals surface area contributed by atoms with Gasteiger partial charge in [0.15, 0.2) is 11.5 Å². The average Bonchev–Trinajstić information content (AvgIpc) is 2.66. The highest BCUT2D eigenvalue weighted by Crippen LogP contribution is 2.35. The lowest BCUT2D eigenvalue weighted by molar-refractivity contribution is -0.139.